The van der Waals surface area contributed by atoms with Gasteiger partial charge in [0.2, 0.25) is 5.91 Å². The fourth-order valence-electron chi connectivity index (χ4n) is 6.73. The van der Waals surface area contributed by atoms with E-state index in [1.54, 1.807) is 24.0 Å². The van der Waals surface area contributed by atoms with E-state index in [-0.39, 0.29) is 30.9 Å². The number of hydrogen-bond acceptors (Lipinski definition) is 6. The molecule has 0 radical (unpaired) electrons. The molecule has 4 heterocycles. The third-order valence-corrected chi connectivity index (χ3v) is 8.25. The minimum atomic E-state index is -1.37. The molecular formula is C29H36N2O6. The lowest BCUT2D eigenvalue weighted by atomic mass is 9.75. The van der Waals surface area contributed by atoms with E-state index >= 15 is 0 Å². The predicted molar refractivity (Wildman–Crippen MR) is 138 cm³/mol. The Morgan fingerprint density at radius 1 is 1.08 bits per heavy atom. The fraction of sp³-hybridized carbons (Fsp3) is 0.552. The summed E-state index contributed by atoms with van der Waals surface area (Å²) in [6, 6.07) is 4.31. The highest BCUT2D eigenvalue weighted by Gasteiger charge is 2.75. The van der Waals surface area contributed by atoms with Gasteiger partial charge in [-0.15, -0.1) is 0 Å². The zero-order chi connectivity index (χ0) is 26.7. The Bertz CT molecular complexity index is 1190. The molecule has 5 rings (SSSR count). The first-order chi connectivity index (χ1) is 17.5. The van der Waals surface area contributed by atoms with E-state index in [9.17, 15) is 19.5 Å². The summed E-state index contributed by atoms with van der Waals surface area (Å²) in [4.78, 5) is 45.3. The lowest BCUT2D eigenvalue weighted by molar-refractivity contribution is -0.158. The molecule has 1 unspecified atom stereocenters. The van der Waals surface area contributed by atoms with E-state index in [1.807, 2.05) is 58.0 Å². The normalized spacial score (nSPS) is 33.7. The average Bonchev–Trinajstić information content (AvgIpc) is 3.10. The smallest absolute Gasteiger partial charge is 0.313 e. The van der Waals surface area contributed by atoms with Gasteiger partial charge in [-0.3, -0.25) is 14.4 Å². The first kappa shape index (κ1) is 25.7. The van der Waals surface area contributed by atoms with Gasteiger partial charge in [0, 0.05) is 12.2 Å². The number of hydrogen-bond donors (Lipinski definition) is 1. The van der Waals surface area contributed by atoms with Crippen LogP contribution in [0.2, 0.25) is 0 Å². The Hall–Kier alpha value is -2.97. The van der Waals surface area contributed by atoms with Gasteiger partial charge in [-0.1, -0.05) is 44.2 Å². The zero-order valence-corrected chi connectivity index (χ0v) is 22.1. The zero-order valence-electron chi connectivity index (χ0n) is 22.1. The van der Waals surface area contributed by atoms with Gasteiger partial charge in [0.25, 0.3) is 5.91 Å². The SMILES string of the molecule is Cc1ccc(C)c(N2CC=C[C@]34O[C@]5(C)C=CCOC(=O)[C@@H]5[C@H]3C(=O)N([C@@H](CO)CC(C)C)C4C2=O)c1. The minimum Gasteiger partial charge on any atom is -0.461 e. The Morgan fingerprint density at radius 3 is 2.54 bits per heavy atom. The first-order valence-electron chi connectivity index (χ1n) is 13.1. The van der Waals surface area contributed by atoms with Crippen molar-refractivity contribution >= 4 is 23.5 Å². The van der Waals surface area contributed by atoms with Crippen LogP contribution in [-0.2, 0) is 23.9 Å². The Kier molecular flexibility index (Phi) is 6.31. The van der Waals surface area contributed by atoms with E-state index in [0.29, 0.717) is 13.0 Å². The highest BCUT2D eigenvalue weighted by atomic mass is 16.6. The first-order valence-corrected chi connectivity index (χ1v) is 13.1. The number of benzene rings is 1. The maximum atomic E-state index is 14.5. The predicted octanol–water partition coefficient (Wildman–Crippen LogP) is 2.70. The van der Waals surface area contributed by atoms with Crippen LogP contribution in [0.15, 0.2) is 42.5 Å². The molecule has 8 nitrogen and oxygen atoms in total. The molecule has 0 aliphatic carbocycles. The summed E-state index contributed by atoms with van der Waals surface area (Å²) in [5, 5.41) is 10.4. The van der Waals surface area contributed by atoms with Gasteiger partial charge in [-0.25, -0.2) is 0 Å². The van der Waals surface area contributed by atoms with Gasteiger partial charge in [0.15, 0.2) is 0 Å². The van der Waals surface area contributed by atoms with Gasteiger partial charge in [-0.05, 0) is 56.4 Å². The molecule has 2 saturated heterocycles. The van der Waals surface area contributed by atoms with Crippen LogP contribution in [0.4, 0.5) is 5.69 Å². The number of nitrogens with zero attached hydrogens (tertiary/aromatic N) is 2. The van der Waals surface area contributed by atoms with Gasteiger partial charge in [0.05, 0.1) is 24.2 Å². The Morgan fingerprint density at radius 2 is 1.84 bits per heavy atom. The lowest BCUT2D eigenvalue weighted by Gasteiger charge is -2.40. The quantitative estimate of drug-likeness (QED) is 0.485. The molecule has 0 aromatic heterocycles. The molecule has 1 N–H and O–H groups in total. The summed E-state index contributed by atoms with van der Waals surface area (Å²) in [7, 11) is 0. The second-order valence-electron chi connectivity index (χ2n) is 11.4. The number of esters is 1. The highest BCUT2D eigenvalue weighted by molar-refractivity contribution is 6.06. The third-order valence-electron chi connectivity index (χ3n) is 8.25. The largest absolute Gasteiger partial charge is 0.461 e. The van der Waals surface area contributed by atoms with Crippen LogP contribution in [0.3, 0.4) is 0 Å². The molecule has 1 aromatic rings. The number of aryl methyl sites for hydroxylation is 2. The summed E-state index contributed by atoms with van der Waals surface area (Å²) < 4.78 is 12.2. The van der Waals surface area contributed by atoms with E-state index in [4.69, 9.17) is 9.47 Å². The summed E-state index contributed by atoms with van der Waals surface area (Å²) in [6.45, 7) is 9.85. The van der Waals surface area contributed by atoms with Crippen LogP contribution in [0.25, 0.3) is 0 Å². The number of anilines is 1. The number of ether oxygens (including phenoxy) is 2. The average molecular weight is 509 g/mol. The third kappa shape index (κ3) is 3.84. The molecule has 4 aliphatic heterocycles. The number of amides is 2. The van der Waals surface area contributed by atoms with Crippen LogP contribution >= 0.6 is 0 Å². The van der Waals surface area contributed by atoms with Crippen molar-refractivity contribution in [2.24, 2.45) is 17.8 Å². The standard InChI is InChI=1S/C29H36N2O6/c1-17(2)14-20(16-32)31-24-26(34)30(21-15-18(3)8-9-19(21)4)12-6-11-29(24)22(25(31)33)23-27(35)36-13-7-10-28(23,5)37-29/h6-11,15,17,20,22-24,32H,12-14,16H2,1-5H3/t20-,22+,23+,24?,28-,29+/m1/s1. The van der Waals surface area contributed by atoms with Crippen LogP contribution in [0.1, 0.15) is 38.3 Å². The Labute approximate surface area is 217 Å². The molecule has 198 valence electrons. The van der Waals surface area contributed by atoms with Crippen LogP contribution in [0, 0.1) is 31.6 Å². The summed E-state index contributed by atoms with van der Waals surface area (Å²) in [6.07, 6.45) is 7.70. The minimum absolute atomic E-state index is 0.108. The fourth-order valence-corrected chi connectivity index (χ4v) is 6.73. The van der Waals surface area contributed by atoms with Crippen molar-refractivity contribution in [2.45, 2.75) is 64.3 Å². The number of likely N-dealkylation sites (tertiary alicyclic amines) is 1. The van der Waals surface area contributed by atoms with Crippen LogP contribution in [-0.4, -0.2) is 70.8 Å². The van der Waals surface area contributed by atoms with Gasteiger partial charge >= 0.3 is 5.97 Å². The molecule has 4 aliphatic rings. The Balaban J connectivity index is 1.69. The van der Waals surface area contributed by atoms with E-state index in [2.05, 4.69) is 0 Å². The number of carbonyl (C=O) groups is 3. The van der Waals surface area contributed by atoms with Gasteiger partial charge in [0.1, 0.15) is 24.2 Å². The van der Waals surface area contributed by atoms with Crippen LogP contribution in [0.5, 0.6) is 0 Å². The molecule has 2 fully saturated rings. The van der Waals surface area contributed by atoms with Crippen molar-refractivity contribution in [1.29, 1.82) is 0 Å². The molecule has 0 bridgehead atoms. The van der Waals surface area contributed by atoms with Gasteiger partial charge < -0.3 is 24.4 Å². The van der Waals surface area contributed by atoms with Crippen molar-refractivity contribution in [3.63, 3.8) is 0 Å². The summed E-state index contributed by atoms with van der Waals surface area (Å²) >= 11 is 0. The summed E-state index contributed by atoms with van der Waals surface area (Å²) in [5.41, 5.74) is 0.244. The van der Waals surface area contributed by atoms with Crippen molar-refractivity contribution < 1.29 is 29.0 Å². The van der Waals surface area contributed by atoms with Gasteiger partial charge in [-0.2, -0.15) is 0 Å². The van der Waals surface area contributed by atoms with Crippen molar-refractivity contribution in [2.75, 3.05) is 24.7 Å². The molecule has 2 amide bonds. The topological polar surface area (TPSA) is 96.4 Å². The molecular weight excluding hydrogens is 472 g/mol. The lowest BCUT2D eigenvalue weighted by Crippen LogP contribution is -2.59. The molecule has 8 heteroatoms. The molecule has 1 spiro atoms. The molecule has 1 aromatic carbocycles. The summed E-state index contributed by atoms with van der Waals surface area (Å²) in [5.74, 6) is -2.83. The van der Waals surface area contributed by atoms with E-state index in [1.165, 1.54) is 4.90 Å². The maximum Gasteiger partial charge on any atom is 0.313 e. The van der Waals surface area contributed by atoms with E-state index < -0.39 is 41.1 Å². The number of aliphatic hydroxyl groups excluding tert-OH is 1. The maximum absolute atomic E-state index is 14.5. The number of cyclic esters (lactones) is 1. The highest BCUT2D eigenvalue weighted by Crippen LogP contribution is 2.58. The number of carbonyl (C=O) groups excluding carboxylic acids is 3. The van der Waals surface area contributed by atoms with E-state index in [0.717, 1.165) is 16.8 Å². The number of rotatable bonds is 5. The molecule has 0 saturated carbocycles. The van der Waals surface area contributed by atoms with Crippen LogP contribution < -0.4 is 4.90 Å². The number of aliphatic hydroxyl groups is 1. The number of fused-ring (bicyclic) bond motifs is 2. The molecule has 6 atom stereocenters. The molecule has 37 heavy (non-hydrogen) atoms. The van der Waals surface area contributed by atoms with Crippen molar-refractivity contribution in [3.8, 4) is 0 Å². The second-order valence-corrected chi connectivity index (χ2v) is 11.4. The van der Waals surface area contributed by atoms with Crippen molar-refractivity contribution in [1.82, 2.24) is 4.90 Å². The van der Waals surface area contributed by atoms with Crippen molar-refractivity contribution in [3.05, 3.63) is 53.6 Å². The monoisotopic (exact) mass is 508 g/mol. The second kappa shape index (κ2) is 9.10.